The average Bonchev–Trinajstić information content (AvgIpc) is 2.95. The topological polar surface area (TPSA) is 59.5 Å². The zero-order valence-electron chi connectivity index (χ0n) is 13.2. The van der Waals surface area contributed by atoms with E-state index in [4.69, 9.17) is 4.74 Å². The maximum Gasteiger partial charge on any atom is 0.243 e. The van der Waals surface area contributed by atoms with Crippen LogP contribution in [0, 0.1) is 13.8 Å². The number of hydrogen-bond donors (Lipinski definition) is 0. The SMILES string of the molecule is CCOc1cc(C)c(S(=O)(=O)N(C)Cc2nccs2)cc1C. The van der Waals surface area contributed by atoms with Gasteiger partial charge in [0, 0.05) is 18.6 Å². The van der Waals surface area contributed by atoms with Crippen molar-refractivity contribution in [1.29, 1.82) is 0 Å². The van der Waals surface area contributed by atoms with Gasteiger partial charge in [0.05, 0.1) is 18.0 Å². The number of aryl methyl sites for hydroxylation is 2. The molecule has 1 aromatic carbocycles. The summed E-state index contributed by atoms with van der Waals surface area (Å²) in [7, 11) is -1.98. The van der Waals surface area contributed by atoms with Gasteiger partial charge >= 0.3 is 0 Å². The Morgan fingerprint density at radius 1 is 1.27 bits per heavy atom. The second kappa shape index (κ2) is 6.76. The summed E-state index contributed by atoms with van der Waals surface area (Å²) >= 11 is 1.44. The predicted octanol–water partition coefficient (Wildman–Crippen LogP) is 2.98. The zero-order chi connectivity index (χ0) is 16.3. The molecule has 1 heterocycles. The molecule has 7 heteroatoms. The molecular weight excluding hydrogens is 320 g/mol. The lowest BCUT2D eigenvalue weighted by Gasteiger charge is -2.19. The molecule has 0 amide bonds. The number of aromatic nitrogens is 1. The fourth-order valence-corrected chi connectivity index (χ4v) is 4.30. The molecule has 1 aromatic heterocycles. The molecule has 2 aromatic rings. The van der Waals surface area contributed by atoms with Gasteiger partial charge in [0.1, 0.15) is 10.8 Å². The Balaban J connectivity index is 2.34. The Bertz CT molecular complexity index is 740. The summed E-state index contributed by atoms with van der Waals surface area (Å²) < 4.78 is 32.4. The van der Waals surface area contributed by atoms with E-state index in [1.54, 1.807) is 32.3 Å². The molecule has 0 saturated carbocycles. The first-order chi connectivity index (χ1) is 10.4. The van der Waals surface area contributed by atoms with E-state index in [2.05, 4.69) is 4.98 Å². The summed E-state index contributed by atoms with van der Waals surface area (Å²) in [6, 6.07) is 3.46. The summed E-state index contributed by atoms with van der Waals surface area (Å²) in [4.78, 5) is 4.45. The highest BCUT2D eigenvalue weighted by atomic mass is 32.2. The normalized spacial score (nSPS) is 11.9. The quantitative estimate of drug-likeness (QED) is 0.811. The van der Waals surface area contributed by atoms with Crippen LogP contribution in [0.2, 0.25) is 0 Å². The fraction of sp³-hybridized carbons (Fsp3) is 0.400. The Hall–Kier alpha value is -1.44. The van der Waals surface area contributed by atoms with Gasteiger partial charge < -0.3 is 4.74 Å². The monoisotopic (exact) mass is 340 g/mol. The summed E-state index contributed by atoms with van der Waals surface area (Å²) in [5.41, 5.74) is 1.49. The largest absolute Gasteiger partial charge is 0.494 e. The lowest BCUT2D eigenvalue weighted by molar-refractivity contribution is 0.337. The molecule has 0 N–H and O–H groups in total. The minimum Gasteiger partial charge on any atom is -0.494 e. The predicted molar refractivity (Wildman–Crippen MR) is 87.9 cm³/mol. The van der Waals surface area contributed by atoms with Crippen LogP contribution in [0.5, 0.6) is 5.75 Å². The molecule has 120 valence electrons. The molecule has 0 spiro atoms. The van der Waals surface area contributed by atoms with Crippen molar-refractivity contribution >= 4 is 21.4 Å². The van der Waals surface area contributed by atoms with Crippen LogP contribution < -0.4 is 4.74 Å². The van der Waals surface area contributed by atoms with Crippen LogP contribution in [-0.2, 0) is 16.6 Å². The number of rotatable bonds is 6. The van der Waals surface area contributed by atoms with Crippen LogP contribution in [0.3, 0.4) is 0 Å². The maximum absolute atomic E-state index is 12.8. The molecule has 0 aliphatic rings. The highest BCUT2D eigenvalue weighted by Gasteiger charge is 2.24. The Morgan fingerprint density at radius 3 is 2.59 bits per heavy atom. The standard InChI is InChI=1S/C15H20N2O3S2/c1-5-20-13-8-12(3)14(9-11(13)2)22(18,19)17(4)10-15-16-6-7-21-15/h6-9H,5,10H2,1-4H3. The van der Waals surface area contributed by atoms with Gasteiger partial charge in [-0.1, -0.05) is 0 Å². The van der Waals surface area contributed by atoms with E-state index in [1.807, 2.05) is 19.2 Å². The van der Waals surface area contributed by atoms with Crippen LogP contribution in [0.25, 0.3) is 0 Å². The van der Waals surface area contributed by atoms with E-state index >= 15 is 0 Å². The zero-order valence-corrected chi connectivity index (χ0v) is 14.8. The van der Waals surface area contributed by atoms with Gasteiger partial charge in [-0.2, -0.15) is 4.31 Å². The summed E-state index contributed by atoms with van der Waals surface area (Å²) in [6.45, 7) is 6.36. The van der Waals surface area contributed by atoms with Crippen LogP contribution in [0.4, 0.5) is 0 Å². The van der Waals surface area contributed by atoms with E-state index in [1.165, 1.54) is 15.6 Å². The molecule has 0 aliphatic heterocycles. The van der Waals surface area contributed by atoms with Crippen molar-refractivity contribution in [3.8, 4) is 5.75 Å². The van der Waals surface area contributed by atoms with E-state index in [0.717, 1.165) is 16.3 Å². The highest BCUT2D eigenvalue weighted by molar-refractivity contribution is 7.89. The molecule has 0 atom stereocenters. The maximum atomic E-state index is 12.8. The van der Waals surface area contributed by atoms with Gasteiger partial charge in [-0.3, -0.25) is 0 Å². The van der Waals surface area contributed by atoms with Crippen molar-refractivity contribution in [2.75, 3.05) is 13.7 Å². The van der Waals surface area contributed by atoms with Crippen LogP contribution in [0.15, 0.2) is 28.6 Å². The van der Waals surface area contributed by atoms with Crippen molar-refractivity contribution in [3.63, 3.8) is 0 Å². The van der Waals surface area contributed by atoms with E-state index in [0.29, 0.717) is 17.1 Å². The molecule has 5 nitrogen and oxygen atoms in total. The second-order valence-corrected chi connectivity index (χ2v) is 8.00. The van der Waals surface area contributed by atoms with Gasteiger partial charge in [-0.05, 0) is 44.0 Å². The lowest BCUT2D eigenvalue weighted by Crippen LogP contribution is -2.27. The highest BCUT2D eigenvalue weighted by Crippen LogP contribution is 2.28. The van der Waals surface area contributed by atoms with Crippen LogP contribution in [0.1, 0.15) is 23.1 Å². The minimum atomic E-state index is -3.56. The van der Waals surface area contributed by atoms with E-state index in [-0.39, 0.29) is 6.54 Å². The molecule has 2 rings (SSSR count). The first kappa shape index (κ1) is 16.9. The third-order valence-corrected chi connectivity index (χ3v) is 6.01. The Labute approximate surface area is 135 Å². The number of sulfonamides is 1. The van der Waals surface area contributed by atoms with Crippen molar-refractivity contribution in [1.82, 2.24) is 9.29 Å². The molecular formula is C15H20N2O3S2. The van der Waals surface area contributed by atoms with Gasteiger partial charge in [0.15, 0.2) is 0 Å². The van der Waals surface area contributed by atoms with Crippen molar-refractivity contribution in [3.05, 3.63) is 39.8 Å². The number of benzene rings is 1. The van der Waals surface area contributed by atoms with Gasteiger partial charge in [-0.25, -0.2) is 13.4 Å². The molecule has 22 heavy (non-hydrogen) atoms. The molecule has 0 bridgehead atoms. The summed E-state index contributed by atoms with van der Waals surface area (Å²) in [5, 5.41) is 2.61. The number of thiazole rings is 1. The van der Waals surface area contributed by atoms with Crippen molar-refractivity contribution < 1.29 is 13.2 Å². The average molecular weight is 340 g/mol. The van der Waals surface area contributed by atoms with Gasteiger partial charge in [-0.15, -0.1) is 11.3 Å². The van der Waals surface area contributed by atoms with Crippen molar-refractivity contribution in [2.45, 2.75) is 32.2 Å². The lowest BCUT2D eigenvalue weighted by atomic mass is 10.1. The molecule has 0 radical (unpaired) electrons. The fourth-order valence-electron chi connectivity index (χ4n) is 2.13. The number of nitrogens with zero attached hydrogens (tertiary/aromatic N) is 2. The van der Waals surface area contributed by atoms with E-state index < -0.39 is 10.0 Å². The first-order valence-corrected chi connectivity index (χ1v) is 9.27. The first-order valence-electron chi connectivity index (χ1n) is 6.95. The molecule has 0 aliphatic carbocycles. The van der Waals surface area contributed by atoms with Gasteiger partial charge in [0.2, 0.25) is 10.0 Å². The van der Waals surface area contributed by atoms with Gasteiger partial charge in [0.25, 0.3) is 0 Å². The number of ether oxygens (including phenoxy) is 1. The third kappa shape index (κ3) is 3.48. The van der Waals surface area contributed by atoms with E-state index in [9.17, 15) is 8.42 Å². The Kier molecular flexibility index (Phi) is 5.20. The van der Waals surface area contributed by atoms with Crippen LogP contribution in [-0.4, -0.2) is 31.4 Å². The summed E-state index contributed by atoms with van der Waals surface area (Å²) in [5.74, 6) is 0.724. The van der Waals surface area contributed by atoms with Crippen molar-refractivity contribution in [2.24, 2.45) is 0 Å². The van der Waals surface area contributed by atoms with Crippen LogP contribution >= 0.6 is 11.3 Å². The number of hydrogen-bond acceptors (Lipinski definition) is 5. The molecule has 0 saturated heterocycles. The molecule has 0 fully saturated rings. The minimum absolute atomic E-state index is 0.270. The second-order valence-electron chi connectivity index (χ2n) is 5.00. The molecule has 0 unspecified atom stereocenters. The smallest absolute Gasteiger partial charge is 0.243 e. The summed E-state index contributed by atoms with van der Waals surface area (Å²) in [6.07, 6.45) is 1.67. The Morgan fingerprint density at radius 2 is 2.00 bits per heavy atom. The third-order valence-electron chi connectivity index (χ3n) is 3.30.